The molecular weight excluding hydrogens is 248 g/mol. The molecule has 0 spiro atoms. The maximum Gasteiger partial charge on any atom is 0.305 e. The van der Waals surface area contributed by atoms with Gasteiger partial charge in [0.05, 0.1) is 18.7 Å². The van der Waals surface area contributed by atoms with Crippen molar-refractivity contribution in [3.05, 3.63) is 17.9 Å². The van der Waals surface area contributed by atoms with E-state index in [1.807, 2.05) is 13.0 Å². The van der Waals surface area contributed by atoms with Gasteiger partial charge in [0.15, 0.2) is 5.76 Å². The largest absolute Gasteiger partial charge is 0.481 e. The number of nitrogens with zero attached hydrogens (tertiary/aromatic N) is 4. The highest BCUT2D eigenvalue weighted by atomic mass is 16.4. The van der Waals surface area contributed by atoms with Crippen LogP contribution in [0.1, 0.15) is 30.9 Å². The number of furan rings is 1. The molecule has 2 aromatic heterocycles. The molecule has 1 saturated carbocycles. The lowest BCUT2D eigenvalue weighted by molar-refractivity contribution is -0.138. The standard InChI is InChI=1S/C12H14N4O3/c1-7-4-5-19-11(7)12-13-14-15-16(12)9(6-10(17)18)8-2-3-8/h4-5,8-9H,2-3,6H2,1H3,(H,17,18). The molecule has 2 aromatic rings. The maximum absolute atomic E-state index is 11.0. The fourth-order valence-corrected chi connectivity index (χ4v) is 2.28. The van der Waals surface area contributed by atoms with Gasteiger partial charge in [-0.15, -0.1) is 5.10 Å². The van der Waals surface area contributed by atoms with Gasteiger partial charge in [0.1, 0.15) is 0 Å². The topological polar surface area (TPSA) is 94.0 Å². The van der Waals surface area contributed by atoms with Crippen LogP contribution in [0, 0.1) is 12.8 Å². The van der Waals surface area contributed by atoms with Crippen LogP contribution >= 0.6 is 0 Å². The zero-order valence-corrected chi connectivity index (χ0v) is 10.5. The van der Waals surface area contributed by atoms with Crippen molar-refractivity contribution in [2.45, 2.75) is 32.2 Å². The third kappa shape index (κ3) is 2.23. The van der Waals surface area contributed by atoms with Crippen molar-refractivity contribution in [3.63, 3.8) is 0 Å². The summed E-state index contributed by atoms with van der Waals surface area (Å²) < 4.78 is 6.99. The second-order valence-corrected chi connectivity index (χ2v) is 4.88. The first-order chi connectivity index (χ1) is 9.16. The number of rotatable bonds is 5. The van der Waals surface area contributed by atoms with E-state index in [1.54, 1.807) is 10.9 Å². The number of carboxylic acids is 1. The number of tetrazole rings is 1. The number of hydrogen-bond acceptors (Lipinski definition) is 5. The number of hydrogen-bond donors (Lipinski definition) is 1. The Morgan fingerprint density at radius 1 is 1.63 bits per heavy atom. The van der Waals surface area contributed by atoms with Crippen LogP contribution in [0.25, 0.3) is 11.6 Å². The maximum atomic E-state index is 11.0. The van der Waals surface area contributed by atoms with Crippen molar-refractivity contribution in [3.8, 4) is 11.6 Å². The van der Waals surface area contributed by atoms with E-state index in [4.69, 9.17) is 9.52 Å². The molecule has 1 N–H and O–H groups in total. The van der Waals surface area contributed by atoms with Gasteiger partial charge in [-0.05, 0) is 47.7 Å². The Kier molecular flexibility index (Phi) is 2.81. The predicted molar refractivity (Wildman–Crippen MR) is 64.3 cm³/mol. The van der Waals surface area contributed by atoms with Gasteiger partial charge in [-0.3, -0.25) is 4.79 Å². The second kappa shape index (κ2) is 4.49. The zero-order chi connectivity index (χ0) is 13.4. The van der Waals surface area contributed by atoms with Crippen LogP contribution in [0.4, 0.5) is 0 Å². The summed E-state index contributed by atoms with van der Waals surface area (Å²) in [4.78, 5) is 11.0. The first-order valence-corrected chi connectivity index (χ1v) is 6.21. The van der Waals surface area contributed by atoms with Crippen LogP contribution in [-0.4, -0.2) is 31.3 Å². The monoisotopic (exact) mass is 262 g/mol. The average Bonchev–Trinajstić information content (AvgIpc) is 2.94. The number of aliphatic carboxylic acids is 1. The van der Waals surface area contributed by atoms with Crippen molar-refractivity contribution in [2.24, 2.45) is 5.92 Å². The Bertz CT molecular complexity index is 600. The van der Waals surface area contributed by atoms with Gasteiger partial charge in [0.25, 0.3) is 0 Å². The molecule has 0 saturated heterocycles. The molecule has 1 aliphatic rings. The van der Waals surface area contributed by atoms with Crippen molar-refractivity contribution in [2.75, 3.05) is 0 Å². The summed E-state index contributed by atoms with van der Waals surface area (Å²) in [5, 5.41) is 20.6. The molecule has 7 heteroatoms. The molecule has 0 aliphatic heterocycles. The highest BCUT2D eigenvalue weighted by molar-refractivity contribution is 5.67. The lowest BCUT2D eigenvalue weighted by atomic mass is 10.1. The molecule has 3 rings (SSSR count). The molecule has 7 nitrogen and oxygen atoms in total. The Morgan fingerprint density at radius 2 is 2.42 bits per heavy atom. The SMILES string of the molecule is Cc1ccoc1-c1nnnn1C(CC(=O)O)C1CC1. The number of aryl methyl sites for hydroxylation is 1. The molecule has 19 heavy (non-hydrogen) atoms. The summed E-state index contributed by atoms with van der Waals surface area (Å²) in [6, 6.07) is 1.63. The summed E-state index contributed by atoms with van der Waals surface area (Å²) >= 11 is 0. The normalized spacial score (nSPS) is 16.5. The molecule has 0 aromatic carbocycles. The second-order valence-electron chi connectivity index (χ2n) is 4.88. The van der Waals surface area contributed by atoms with Crippen LogP contribution in [0.15, 0.2) is 16.7 Å². The van der Waals surface area contributed by atoms with Crippen molar-refractivity contribution < 1.29 is 14.3 Å². The summed E-state index contributed by atoms with van der Waals surface area (Å²) in [5.74, 6) is 0.602. The van der Waals surface area contributed by atoms with E-state index in [1.165, 1.54) is 0 Å². The third-order valence-electron chi connectivity index (χ3n) is 3.42. The van der Waals surface area contributed by atoms with Crippen molar-refractivity contribution in [1.29, 1.82) is 0 Å². The van der Waals surface area contributed by atoms with E-state index in [-0.39, 0.29) is 12.5 Å². The highest BCUT2D eigenvalue weighted by Gasteiger charge is 2.36. The lowest BCUT2D eigenvalue weighted by Crippen LogP contribution is -2.18. The molecule has 1 aliphatic carbocycles. The molecule has 1 atom stereocenters. The molecule has 1 unspecified atom stereocenters. The van der Waals surface area contributed by atoms with Gasteiger partial charge in [0, 0.05) is 0 Å². The van der Waals surface area contributed by atoms with E-state index < -0.39 is 5.97 Å². The average molecular weight is 262 g/mol. The first kappa shape index (κ1) is 11.9. The number of carboxylic acid groups (broad SMARTS) is 1. The van der Waals surface area contributed by atoms with Gasteiger partial charge < -0.3 is 9.52 Å². The molecule has 0 radical (unpaired) electrons. The Labute approximate surface area is 109 Å². The van der Waals surface area contributed by atoms with E-state index in [2.05, 4.69) is 15.5 Å². The molecule has 0 amide bonds. The minimum Gasteiger partial charge on any atom is -0.481 e. The van der Waals surface area contributed by atoms with Gasteiger partial charge in [-0.25, -0.2) is 4.68 Å². The minimum atomic E-state index is -0.838. The molecule has 100 valence electrons. The van der Waals surface area contributed by atoms with Crippen LogP contribution in [0.2, 0.25) is 0 Å². The molecule has 1 fully saturated rings. The summed E-state index contributed by atoms with van der Waals surface area (Å²) in [5.41, 5.74) is 0.931. The zero-order valence-electron chi connectivity index (χ0n) is 10.5. The third-order valence-corrected chi connectivity index (χ3v) is 3.42. The van der Waals surface area contributed by atoms with E-state index in [0.29, 0.717) is 17.5 Å². The lowest BCUT2D eigenvalue weighted by Gasteiger charge is -2.15. The van der Waals surface area contributed by atoms with Gasteiger partial charge in [-0.1, -0.05) is 0 Å². The van der Waals surface area contributed by atoms with E-state index >= 15 is 0 Å². The summed E-state index contributed by atoms with van der Waals surface area (Å²) in [6.07, 6.45) is 3.65. The predicted octanol–water partition coefficient (Wildman–Crippen LogP) is 1.67. The van der Waals surface area contributed by atoms with Crippen LogP contribution in [-0.2, 0) is 4.79 Å². The first-order valence-electron chi connectivity index (χ1n) is 6.21. The number of aromatic nitrogens is 4. The fraction of sp³-hybridized carbons (Fsp3) is 0.500. The molecule has 2 heterocycles. The highest BCUT2D eigenvalue weighted by Crippen LogP contribution is 2.42. The van der Waals surface area contributed by atoms with Crippen molar-refractivity contribution in [1.82, 2.24) is 20.2 Å². The molecule has 0 bridgehead atoms. The quantitative estimate of drug-likeness (QED) is 0.880. The minimum absolute atomic E-state index is 0.0302. The van der Waals surface area contributed by atoms with Crippen LogP contribution < -0.4 is 0 Å². The van der Waals surface area contributed by atoms with E-state index in [9.17, 15) is 4.79 Å². The fourth-order valence-electron chi connectivity index (χ4n) is 2.28. The smallest absolute Gasteiger partial charge is 0.305 e. The Morgan fingerprint density at radius 3 is 3.00 bits per heavy atom. The summed E-state index contributed by atoms with van der Waals surface area (Å²) in [6.45, 7) is 1.90. The van der Waals surface area contributed by atoms with E-state index in [0.717, 1.165) is 18.4 Å². The van der Waals surface area contributed by atoms with Crippen LogP contribution in [0.3, 0.4) is 0 Å². The summed E-state index contributed by atoms with van der Waals surface area (Å²) in [7, 11) is 0. The molecular formula is C12H14N4O3. The Balaban J connectivity index is 1.98. The Hall–Kier alpha value is -2.18. The van der Waals surface area contributed by atoms with Gasteiger partial charge >= 0.3 is 5.97 Å². The van der Waals surface area contributed by atoms with Gasteiger partial charge in [0.2, 0.25) is 5.82 Å². The van der Waals surface area contributed by atoms with Gasteiger partial charge in [-0.2, -0.15) is 0 Å². The number of carbonyl (C=O) groups is 1. The van der Waals surface area contributed by atoms with Crippen molar-refractivity contribution >= 4 is 5.97 Å². The van der Waals surface area contributed by atoms with Crippen LogP contribution in [0.5, 0.6) is 0 Å².